The highest BCUT2D eigenvalue weighted by Crippen LogP contribution is 2.49. The highest BCUT2D eigenvalue weighted by Gasteiger charge is 2.66. The van der Waals surface area contributed by atoms with Gasteiger partial charge in [-0.3, -0.25) is 4.90 Å². The van der Waals surface area contributed by atoms with Crippen molar-refractivity contribution in [3.8, 4) is 0 Å². The Kier molecular flexibility index (Phi) is 2.84. The topological polar surface area (TPSA) is 119 Å². The van der Waals surface area contributed by atoms with Crippen molar-refractivity contribution in [1.82, 2.24) is 4.90 Å². The molecule has 7 nitrogen and oxygen atoms in total. The van der Waals surface area contributed by atoms with E-state index in [2.05, 4.69) is 0 Å². The molecule has 1 saturated heterocycles. The summed E-state index contributed by atoms with van der Waals surface area (Å²) in [7, 11) is 0. The second-order valence-corrected chi connectivity index (χ2v) is 6.60. The molecule has 0 unspecified atom stereocenters. The number of piperidine rings is 1. The number of carboxylic acid groups (broad SMARTS) is 1. The summed E-state index contributed by atoms with van der Waals surface area (Å²) >= 11 is 0. The maximum atomic E-state index is 12.2. The number of hydrogen-bond donors (Lipinski definition) is 3. The van der Waals surface area contributed by atoms with Crippen LogP contribution in [0.4, 0.5) is 4.79 Å². The Morgan fingerprint density at radius 1 is 1.32 bits per heavy atom. The van der Waals surface area contributed by atoms with Crippen molar-refractivity contribution in [2.75, 3.05) is 0 Å². The van der Waals surface area contributed by atoms with E-state index in [9.17, 15) is 14.7 Å². The Hall–Kier alpha value is -1.34. The van der Waals surface area contributed by atoms with Crippen LogP contribution in [0.15, 0.2) is 0 Å². The van der Waals surface area contributed by atoms with Crippen LogP contribution in [0.2, 0.25) is 0 Å². The molecular weight excluding hydrogens is 250 g/mol. The maximum Gasteiger partial charge on any atom is 0.412 e. The molecule has 1 heterocycles. The molecule has 0 aromatic carbocycles. The second-order valence-electron chi connectivity index (χ2n) is 6.60. The molecule has 1 amide bonds. The van der Waals surface area contributed by atoms with Crippen LogP contribution in [-0.2, 0) is 9.53 Å². The van der Waals surface area contributed by atoms with Crippen molar-refractivity contribution in [3.63, 3.8) is 0 Å². The van der Waals surface area contributed by atoms with Crippen molar-refractivity contribution in [3.05, 3.63) is 0 Å². The van der Waals surface area contributed by atoms with Gasteiger partial charge in [0.15, 0.2) is 6.04 Å². The Morgan fingerprint density at radius 2 is 1.89 bits per heavy atom. The lowest BCUT2D eigenvalue weighted by molar-refractivity contribution is -0.146. The molecule has 19 heavy (non-hydrogen) atoms. The number of carbonyl (C=O) groups excluding carboxylic acids is 1. The average molecular weight is 271 g/mol. The fourth-order valence-electron chi connectivity index (χ4n) is 3.10. The van der Waals surface area contributed by atoms with E-state index in [-0.39, 0.29) is 6.42 Å². The van der Waals surface area contributed by atoms with Gasteiger partial charge in [0.2, 0.25) is 0 Å². The molecule has 108 valence electrons. The molecule has 0 spiro atoms. The van der Waals surface area contributed by atoms with E-state index in [1.165, 1.54) is 0 Å². The first-order valence-electron chi connectivity index (χ1n) is 6.31. The van der Waals surface area contributed by atoms with Gasteiger partial charge in [-0.2, -0.15) is 0 Å². The Bertz CT molecular complexity index is 433. The van der Waals surface area contributed by atoms with Crippen LogP contribution >= 0.6 is 0 Å². The average Bonchev–Trinajstić information content (AvgIpc) is 2.60. The van der Waals surface area contributed by atoms with Gasteiger partial charge in [-0.25, -0.2) is 9.59 Å². The molecule has 5 N–H and O–H groups in total. The van der Waals surface area contributed by atoms with E-state index >= 15 is 0 Å². The van der Waals surface area contributed by atoms with Crippen LogP contribution in [-0.4, -0.2) is 44.9 Å². The monoisotopic (exact) mass is 271 g/mol. The third kappa shape index (κ3) is 2.17. The highest BCUT2D eigenvalue weighted by atomic mass is 16.6. The van der Waals surface area contributed by atoms with Gasteiger partial charge < -0.3 is 21.3 Å². The molecule has 1 aliphatic heterocycles. The first-order valence-corrected chi connectivity index (χ1v) is 6.31. The van der Waals surface area contributed by atoms with Crippen LogP contribution in [0.25, 0.3) is 0 Å². The Labute approximate surface area is 111 Å². The number of rotatable bonds is 1. The Morgan fingerprint density at radius 3 is 2.37 bits per heavy atom. The van der Waals surface area contributed by atoms with Crippen molar-refractivity contribution < 1.29 is 19.4 Å². The number of nitrogens with zero attached hydrogens (tertiary/aromatic N) is 1. The molecule has 0 aromatic rings. The van der Waals surface area contributed by atoms with E-state index in [1.807, 2.05) is 0 Å². The predicted molar refractivity (Wildman–Crippen MR) is 67.2 cm³/mol. The van der Waals surface area contributed by atoms with Crippen molar-refractivity contribution >= 4 is 12.1 Å². The fourth-order valence-corrected chi connectivity index (χ4v) is 3.10. The summed E-state index contributed by atoms with van der Waals surface area (Å²) in [5.41, 5.74) is 9.59. The molecule has 2 bridgehead atoms. The zero-order chi connectivity index (χ0) is 14.6. The quantitative estimate of drug-likeness (QED) is 0.628. The number of hydrogen-bond acceptors (Lipinski definition) is 5. The number of likely N-dealkylation sites (tertiary alicyclic amines) is 1. The first-order chi connectivity index (χ1) is 8.49. The minimum Gasteiger partial charge on any atom is -0.480 e. The molecule has 0 radical (unpaired) electrons. The number of fused-ring (bicyclic) bond motifs is 2. The lowest BCUT2D eigenvalue weighted by Gasteiger charge is -2.41. The number of amides is 1. The van der Waals surface area contributed by atoms with Gasteiger partial charge in [-0.05, 0) is 33.6 Å². The number of ether oxygens (including phenoxy) is 1. The van der Waals surface area contributed by atoms with E-state index in [0.717, 1.165) is 4.90 Å². The number of aliphatic carboxylic acids is 1. The summed E-state index contributed by atoms with van der Waals surface area (Å²) in [5.74, 6) is -1.14. The minimum atomic E-state index is -1.14. The van der Waals surface area contributed by atoms with Crippen LogP contribution in [0.5, 0.6) is 0 Å². The minimum absolute atomic E-state index is 0.288. The summed E-state index contributed by atoms with van der Waals surface area (Å²) in [4.78, 5) is 24.8. The van der Waals surface area contributed by atoms with Crippen LogP contribution in [0.1, 0.15) is 40.0 Å². The molecule has 0 aromatic heterocycles. The van der Waals surface area contributed by atoms with Crippen LogP contribution in [0.3, 0.4) is 0 Å². The third-order valence-electron chi connectivity index (χ3n) is 3.77. The smallest absolute Gasteiger partial charge is 0.412 e. The van der Waals surface area contributed by atoms with Crippen molar-refractivity contribution in [2.45, 2.75) is 62.9 Å². The van der Waals surface area contributed by atoms with Crippen molar-refractivity contribution in [2.24, 2.45) is 11.5 Å². The third-order valence-corrected chi connectivity index (χ3v) is 3.77. The summed E-state index contributed by atoms with van der Waals surface area (Å²) in [6, 6.07) is -1.12. The fraction of sp³-hybridized carbons (Fsp3) is 0.833. The van der Waals surface area contributed by atoms with Gasteiger partial charge in [0, 0.05) is 6.42 Å². The summed E-state index contributed by atoms with van der Waals surface area (Å²) in [6.07, 6.45) is 0.567. The lowest BCUT2D eigenvalue weighted by Crippen LogP contribution is -2.64. The molecule has 1 saturated carbocycles. The van der Waals surface area contributed by atoms with Crippen LogP contribution < -0.4 is 11.5 Å². The molecule has 2 fully saturated rings. The molecule has 2 aliphatic rings. The highest BCUT2D eigenvalue weighted by molar-refractivity contribution is 5.84. The van der Waals surface area contributed by atoms with Crippen molar-refractivity contribution in [1.29, 1.82) is 0 Å². The van der Waals surface area contributed by atoms with E-state index in [0.29, 0.717) is 12.8 Å². The molecule has 3 atom stereocenters. The SMILES string of the molecule is CC(C)(C)OC(=O)N1[C@H](C(=O)O)[C@@]2(N)CC[C@]1(N)C2. The van der Waals surface area contributed by atoms with E-state index in [1.54, 1.807) is 20.8 Å². The number of carbonyl (C=O) groups is 2. The number of nitrogens with two attached hydrogens (primary N) is 2. The summed E-state index contributed by atoms with van der Waals surface area (Å²) < 4.78 is 5.25. The zero-order valence-corrected chi connectivity index (χ0v) is 11.5. The first kappa shape index (κ1) is 14.1. The van der Waals surface area contributed by atoms with E-state index in [4.69, 9.17) is 16.2 Å². The van der Waals surface area contributed by atoms with Gasteiger partial charge in [0.25, 0.3) is 0 Å². The molecule has 1 aliphatic carbocycles. The van der Waals surface area contributed by atoms with Gasteiger partial charge in [-0.1, -0.05) is 0 Å². The summed E-state index contributed by atoms with van der Waals surface area (Å²) in [6.45, 7) is 5.16. The largest absolute Gasteiger partial charge is 0.480 e. The lowest BCUT2D eigenvalue weighted by atomic mass is 9.90. The molecular formula is C12H21N3O4. The van der Waals surface area contributed by atoms with Gasteiger partial charge >= 0.3 is 12.1 Å². The van der Waals surface area contributed by atoms with E-state index < -0.39 is 34.9 Å². The van der Waals surface area contributed by atoms with Gasteiger partial charge in [-0.15, -0.1) is 0 Å². The Balaban J connectivity index is 2.32. The normalized spacial score (nSPS) is 37.5. The molecule has 2 rings (SSSR count). The predicted octanol–water partition coefficient (Wildman–Crippen LogP) is 0.227. The second kappa shape index (κ2) is 3.83. The van der Waals surface area contributed by atoms with Crippen LogP contribution in [0, 0.1) is 0 Å². The maximum absolute atomic E-state index is 12.2. The molecule has 7 heteroatoms. The zero-order valence-electron chi connectivity index (χ0n) is 11.5. The van der Waals surface area contributed by atoms with Gasteiger partial charge in [0.1, 0.15) is 5.60 Å². The summed E-state index contributed by atoms with van der Waals surface area (Å²) in [5, 5.41) is 9.35. The number of carboxylic acids is 1. The van der Waals surface area contributed by atoms with Gasteiger partial charge in [0.05, 0.1) is 11.2 Å². The standard InChI is InChI=1S/C12H21N3O4/c1-10(2,3)19-9(18)15-7(8(16)17)11(13)4-5-12(15,14)6-11/h7H,4-6,13-14H2,1-3H3,(H,16,17)/t7-,11-,12-/m1/s1.